The molecule has 8 aromatic rings. The van der Waals surface area contributed by atoms with E-state index in [9.17, 15) is 28.6 Å². The quantitative estimate of drug-likeness (QED) is 0.0393. The maximum atomic E-state index is 14.6. The molecule has 3 heterocycles. The summed E-state index contributed by atoms with van der Waals surface area (Å²) in [5.41, 5.74) is -0.159. The van der Waals surface area contributed by atoms with Crippen LogP contribution in [0.15, 0.2) is 85.8 Å². The number of phenolic OH excluding ortho intramolecular Hbond substituents is 4. The van der Waals surface area contributed by atoms with Crippen LogP contribution in [0.5, 0.6) is 34.5 Å². The minimum Gasteiger partial charge on any atom is -0.504 e. The molecule has 0 aliphatic carbocycles. The van der Waals surface area contributed by atoms with Gasteiger partial charge in [0, 0.05) is 40.6 Å². The molecule has 0 atom stereocenters. The van der Waals surface area contributed by atoms with Gasteiger partial charge in [0.15, 0.2) is 46.1 Å². The van der Waals surface area contributed by atoms with Crippen molar-refractivity contribution in [2.45, 2.75) is 41.5 Å². The third-order valence-electron chi connectivity index (χ3n) is 9.24. The Morgan fingerprint density at radius 2 is 0.956 bits per heavy atom. The number of carbonyl (C=O) groups excluding carboxylic acids is 2. The Kier molecular flexibility index (Phi) is 15.1. The number of phenols is 4. The molecule has 0 aliphatic heterocycles. The van der Waals surface area contributed by atoms with E-state index in [-0.39, 0.29) is 77.6 Å². The number of esters is 2. The van der Waals surface area contributed by atoms with Crippen LogP contribution in [0.4, 0.5) is 31.8 Å². The number of carbonyl (C=O) groups is 2. The van der Waals surface area contributed by atoms with Crippen LogP contribution < -0.4 is 20.1 Å². The molecular weight excluding hydrogens is 972 g/mol. The van der Waals surface area contributed by atoms with Crippen molar-refractivity contribution < 1.29 is 48.3 Å². The van der Waals surface area contributed by atoms with Crippen LogP contribution in [0.2, 0.25) is 20.1 Å². The van der Waals surface area contributed by atoms with Crippen molar-refractivity contribution in [1.82, 2.24) is 29.9 Å². The molecule has 8 rings (SSSR count). The van der Waals surface area contributed by atoms with E-state index >= 15 is 0 Å². The first kappa shape index (κ1) is 50.3. The lowest BCUT2D eigenvalue weighted by Crippen LogP contribution is -2.28. The molecule has 5 aromatic carbocycles. The molecule has 0 saturated heterocycles. The van der Waals surface area contributed by atoms with Gasteiger partial charge in [-0.2, -0.15) is 0 Å². The van der Waals surface area contributed by atoms with Crippen LogP contribution in [-0.2, 0) is 9.59 Å². The lowest BCUT2D eigenvalue weighted by Gasteiger charge is -2.21. The van der Waals surface area contributed by atoms with Crippen molar-refractivity contribution in [3.8, 4) is 34.5 Å². The number of nitrogens with one attached hydrogen (secondary N) is 2. The lowest BCUT2D eigenvalue weighted by molar-refractivity contribution is -0.145. The van der Waals surface area contributed by atoms with Crippen LogP contribution in [0.25, 0.3) is 32.7 Å². The first-order chi connectivity index (χ1) is 31.9. The smallest absolute Gasteiger partial charge is 0.316 e. The van der Waals surface area contributed by atoms with Crippen LogP contribution in [0.1, 0.15) is 41.5 Å². The standard InChI is InChI=1S/C24H24Cl2FN3O4.C14H8Cl2FN3O2.C8H6N2O2/c1-23(2,3)21(31)33-16-9-12-15(10-17(16)34-22(32)24(4,5)6)28-11-29-20(12)30-14-8-7-13(25)18(26)19(14)27;15-7-1-2-8(13(17)12(7)16)20-14-6-3-10(21)11(22)4-9(6)18-5-19-14;11-7-1-5-3-9-4-10-6(5)2-8(7)12/h7-11H,1-6H3,(H,28,29,30);1-5,21-22H,(H,18,19,20);1-4,11-12H. The zero-order chi connectivity index (χ0) is 49.8. The fourth-order valence-corrected chi connectivity index (χ4v) is 6.14. The van der Waals surface area contributed by atoms with Crippen LogP contribution in [-0.4, -0.2) is 62.3 Å². The Morgan fingerprint density at radius 1 is 0.544 bits per heavy atom. The topological polar surface area (TPSA) is 235 Å². The second-order valence-corrected chi connectivity index (χ2v) is 18.1. The summed E-state index contributed by atoms with van der Waals surface area (Å²) in [6, 6.07) is 14.0. The zero-order valence-corrected chi connectivity index (χ0v) is 39.5. The van der Waals surface area contributed by atoms with Gasteiger partial charge >= 0.3 is 11.9 Å². The highest BCUT2D eigenvalue weighted by molar-refractivity contribution is 6.42. The number of ether oxygens (including phenoxy) is 2. The number of aromatic hydroxyl groups is 4. The summed E-state index contributed by atoms with van der Waals surface area (Å²) in [6.45, 7) is 10.2. The molecule has 16 nitrogen and oxygen atoms in total. The molecule has 0 bridgehead atoms. The van der Waals surface area contributed by atoms with E-state index in [1.54, 1.807) is 47.7 Å². The summed E-state index contributed by atoms with van der Waals surface area (Å²) in [4.78, 5) is 49.2. The van der Waals surface area contributed by atoms with Crippen LogP contribution >= 0.6 is 46.4 Å². The normalized spacial score (nSPS) is 11.3. The Morgan fingerprint density at radius 3 is 1.46 bits per heavy atom. The molecule has 0 unspecified atom stereocenters. The van der Waals surface area contributed by atoms with Gasteiger partial charge in [-0.3, -0.25) is 9.59 Å². The van der Waals surface area contributed by atoms with Crippen molar-refractivity contribution in [3.05, 3.63) is 118 Å². The number of benzene rings is 5. The molecule has 3 aromatic heterocycles. The van der Waals surface area contributed by atoms with Gasteiger partial charge in [-0.05, 0) is 84.0 Å². The summed E-state index contributed by atoms with van der Waals surface area (Å²) in [6.07, 6.45) is 5.47. The number of halogens is 6. The second kappa shape index (κ2) is 20.4. The molecule has 352 valence electrons. The van der Waals surface area contributed by atoms with Crippen LogP contribution in [0, 0.1) is 22.5 Å². The molecule has 0 spiro atoms. The van der Waals surface area contributed by atoms with Crippen molar-refractivity contribution >= 4 is 114 Å². The molecule has 22 heteroatoms. The van der Waals surface area contributed by atoms with Crippen molar-refractivity contribution in [3.63, 3.8) is 0 Å². The van der Waals surface area contributed by atoms with Gasteiger partial charge in [-0.1, -0.05) is 46.4 Å². The second-order valence-electron chi connectivity index (χ2n) is 16.5. The van der Waals surface area contributed by atoms with Crippen LogP contribution in [0.3, 0.4) is 0 Å². The molecule has 6 N–H and O–H groups in total. The predicted octanol–water partition coefficient (Wildman–Crippen LogP) is 12.0. The number of hydrogen-bond donors (Lipinski definition) is 6. The van der Waals surface area contributed by atoms with E-state index in [0.29, 0.717) is 32.7 Å². The summed E-state index contributed by atoms with van der Waals surface area (Å²) in [5.74, 6) is -3.02. The van der Waals surface area contributed by atoms with Gasteiger partial charge < -0.3 is 40.5 Å². The highest BCUT2D eigenvalue weighted by Gasteiger charge is 2.29. The molecular formula is C46H38Cl4F2N8O8. The fourth-order valence-electron chi connectivity index (χ4n) is 5.52. The SMILES string of the molecule is CC(C)(C)C(=O)Oc1cc2ncnc(Nc3ccc(Cl)c(Cl)c3F)c2cc1OC(=O)C(C)(C)C.Oc1cc2cncnc2cc1O.Oc1cc2ncnc(Nc3ccc(Cl)c(Cl)c3F)c2cc1O. The Balaban J connectivity index is 0.000000189. The van der Waals surface area contributed by atoms with E-state index in [0.717, 1.165) is 0 Å². The number of nitrogens with zero attached hydrogens (tertiary/aromatic N) is 6. The Bertz CT molecular complexity index is 3210. The summed E-state index contributed by atoms with van der Waals surface area (Å²) in [7, 11) is 0. The summed E-state index contributed by atoms with van der Waals surface area (Å²) in [5, 5.41) is 44.2. The molecule has 0 saturated carbocycles. The average Bonchev–Trinajstić information content (AvgIpc) is 3.28. The lowest BCUT2D eigenvalue weighted by atomic mass is 9.97. The molecule has 0 radical (unpaired) electrons. The number of hydrogen-bond acceptors (Lipinski definition) is 16. The first-order valence-corrected chi connectivity index (χ1v) is 21.3. The van der Waals surface area contributed by atoms with Crippen molar-refractivity contribution in [1.29, 1.82) is 0 Å². The van der Waals surface area contributed by atoms with Crippen molar-refractivity contribution in [2.75, 3.05) is 10.6 Å². The monoisotopic (exact) mass is 1010 g/mol. The average molecular weight is 1010 g/mol. The molecule has 0 aliphatic rings. The van der Waals surface area contributed by atoms with E-state index in [4.69, 9.17) is 66.1 Å². The summed E-state index contributed by atoms with van der Waals surface area (Å²) < 4.78 is 39.8. The van der Waals surface area contributed by atoms with E-state index < -0.39 is 34.4 Å². The number of rotatable bonds is 6. The van der Waals surface area contributed by atoms with Gasteiger partial charge in [0.1, 0.15) is 30.6 Å². The molecule has 0 amide bonds. The minimum atomic E-state index is -0.822. The van der Waals surface area contributed by atoms with Gasteiger partial charge in [0.25, 0.3) is 0 Å². The van der Waals surface area contributed by atoms with Gasteiger partial charge in [0.05, 0.1) is 58.8 Å². The van der Waals surface area contributed by atoms with Gasteiger partial charge in [0.2, 0.25) is 0 Å². The van der Waals surface area contributed by atoms with E-state index in [1.165, 1.54) is 79.6 Å². The van der Waals surface area contributed by atoms with E-state index in [2.05, 4.69) is 40.5 Å². The maximum absolute atomic E-state index is 14.6. The highest BCUT2D eigenvalue weighted by atomic mass is 35.5. The zero-order valence-electron chi connectivity index (χ0n) is 36.5. The van der Waals surface area contributed by atoms with Gasteiger partial charge in [-0.25, -0.2) is 38.7 Å². The fraction of sp³-hybridized carbons (Fsp3) is 0.174. The Hall–Kier alpha value is -7.12. The summed E-state index contributed by atoms with van der Waals surface area (Å²) >= 11 is 23.3. The maximum Gasteiger partial charge on any atom is 0.316 e. The number of aromatic nitrogens is 6. The number of fused-ring (bicyclic) bond motifs is 3. The third kappa shape index (κ3) is 11.7. The molecule has 68 heavy (non-hydrogen) atoms. The third-order valence-corrected chi connectivity index (χ3v) is 10.8. The highest BCUT2D eigenvalue weighted by Crippen LogP contribution is 2.40. The largest absolute Gasteiger partial charge is 0.504 e. The predicted molar refractivity (Wildman–Crippen MR) is 255 cm³/mol. The minimum absolute atomic E-state index is 0.00233. The Labute approximate surface area is 405 Å². The molecule has 0 fully saturated rings. The van der Waals surface area contributed by atoms with Crippen molar-refractivity contribution in [2.24, 2.45) is 10.8 Å². The first-order valence-electron chi connectivity index (χ1n) is 19.8. The number of anilines is 4. The van der Waals surface area contributed by atoms with E-state index in [1.807, 2.05) is 0 Å². The van der Waals surface area contributed by atoms with Gasteiger partial charge in [-0.15, -0.1) is 0 Å².